The molecule has 2 aliphatic heterocycles. The van der Waals surface area contributed by atoms with Gasteiger partial charge >= 0.3 is 0 Å². The molecule has 2 saturated heterocycles. The maximum atomic E-state index is 12.9. The van der Waals surface area contributed by atoms with Crippen LogP contribution in [0.1, 0.15) is 51.9 Å². The molecule has 0 saturated carbocycles. The van der Waals surface area contributed by atoms with Gasteiger partial charge in [-0.25, -0.2) is 0 Å². The van der Waals surface area contributed by atoms with E-state index in [1.807, 2.05) is 0 Å². The van der Waals surface area contributed by atoms with Crippen LogP contribution in [0.15, 0.2) is 0 Å². The second kappa shape index (κ2) is 7.20. The lowest BCUT2D eigenvalue weighted by Gasteiger charge is -2.40. The lowest BCUT2D eigenvalue weighted by atomic mass is 10.0. The van der Waals surface area contributed by atoms with Gasteiger partial charge in [-0.3, -0.25) is 0 Å². The molecule has 0 spiro atoms. The zero-order valence-electron chi connectivity index (χ0n) is 12.5. The molecule has 2 unspecified atom stereocenters. The second-order valence-corrected chi connectivity index (χ2v) is 7.99. The van der Waals surface area contributed by atoms with Crippen LogP contribution in [0.2, 0.25) is 0 Å². The average Bonchev–Trinajstić information content (AvgIpc) is 2.48. The minimum absolute atomic E-state index is 0.0877. The summed E-state index contributed by atoms with van der Waals surface area (Å²) in [7, 11) is -3.34. The van der Waals surface area contributed by atoms with E-state index in [0.29, 0.717) is 19.6 Å². The first-order valence-electron chi connectivity index (χ1n) is 7.97. The van der Waals surface area contributed by atoms with E-state index in [0.717, 1.165) is 44.9 Å². The summed E-state index contributed by atoms with van der Waals surface area (Å²) in [4.78, 5) is 0. The Morgan fingerprint density at radius 3 is 2.65 bits per heavy atom. The van der Waals surface area contributed by atoms with Crippen molar-refractivity contribution in [2.45, 2.75) is 57.9 Å². The summed E-state index contributed by atoms with van der Waals surface area (Å²) in [5, 5.41) is 9.29. The van der Waals surface area contributed by atoms with Gasteiger partial charge in [0.25, 0.3) is 10.2 Å². The predicted octanol–water partition coefficient (Wildman–Crippen LogP) is 1.59. The van der Waals surface area contributed by atoms with Crippen molar-refractivity contribution in [2.24, 2.45) is 5.92 Å². The molecule has 6 heteroatoms. The van der Waals surface area contributed by atoms with Crippen molar-refractivity contribution in [1.29, 1.82) is 0 Å². The van der Waals surface area contributed by atoms with Crippen LogP contribution in [0, 0.1) is 5.92 Å². The predicted molar refractivity (Wildman–Crippen MR) is 79.6 cm³/mol. The van der Waals surface area contributed by atoms with E-state index < -0.39 is 10.2 Å². The van der Waals surface area contributed by atoms with E-state index in [1.165, 1.54) is 0 Å². The minimum Gasteiger partial charge on any atom is -0.396 e. The van der Waals surface area contributed by atoms with E-state index in [9.17, 15) is 13.5 Å². The Balaban J connectivity index is 2.10. The summed E-state index contributed by atoms with van der Waals surface area (Å²) >= 11 is 0. The summed E-state index contributed by atoms with van der Waals surface area (Å²) in [6.45, 7) is 3.95. The smallest absolute Gasteiger partial charge is 0.282 e. The van der Waals surface area contributed by atoms with Crippen LogP contribution in [-0.4, -0.2) is 54.4 Å². The number of nitrogens with zero attached hydrogens (tertiary/aromatic N) is 2. The van der Waals surface area contributed by atoms with Crippen molar-refractivity contribution in [3.05, 3.63) is 0 Å². The van der Waals surface area contributed by atoms with Gasteiger partial charge in [-0.15, -0.1) is 0 Å². The molecule has 0 aromatic rings. The van der Waals surface area contributed by atoms with Crippen LogP contribution in [0.25, 0.3) is 0 Å². The topological polar surface area (TPSA) is 60.9 Å². The zero-order chi connectivity index (χ0) is 14.6. The fraction of sp³-hybridized carbons (Fsp3) is 1.00. The largest absolute Gasteiger partial charge is 0.396 e. The third kappa shape index (κ3) is 3.53. The number of aliphatic hydroxyl groups is 1. The summed E-state index contributed by atoms with van der Waals surface area (Å²) in [5.41, 5.74) is 0. The molecule has 2 atom stereocenters. The minimum atomic E-state index is -3.34. The zero-order valence-corrected chi connectivity index (χ0v) is 13.3. The fourth-order valence-corrected chi connectivity index (χ4v) is 5.44. The molecular formula is C14H28N2O3S. The Labute approximate surface area is 123 Å². The second-order valence-electron chi connectivity index (χ2n) is 6.11. The van der Waals surface area contributed by atoms with Gasteiger partial charge in [-0.05, 0) is 38.0 Å². The van der Waals surface area contributed by atoms with Crippen LogP contribution in [0.5, 0.6) is 0 Å². The lowest BCUT2D eigenvalue weighted by molar-refractivity contribution is 0.153. The number of piperidine rings is 2. The molecule has 0 aliphatic carbocycles. The van der Waals surface area contributed by atoms with Crippen LogP contribution < -0.4 is 0 Å². The van der Waals surface area contributed by atoms with E-state index >= 15 is 0 Å². The van der Waals surface area contributed by atoms with Crippen molar-refractivity contribution in [3.8, 4) is 0 Å². The Hall–Kier alpha value is -0.170. The molecule has 0 aromatic heterocycles. The normalized spacial score (nSPS) is 30.5. The quantitative estimate of drug-likeness (QED) is 0.839. The lowest BCUT2D eigenvalue weighted by Crippen LogP contribution is -2.53. The van der Waals surface area contributed by atoms with Gasteiger partial charge in [0.15, 0.2) is 0 Å². The standard InChI is InChI=1S/C14H28N2O3S/c1-2-6-14-8-3-4-10-16(14)20(18,19)15-9-5-7-13(11-15)12-17/h13-14,17H,2-12H2,1H3. The van der Waals surface area contributed by atoms with E-state index in [1.54, 1.807) is 8.61 Å². The SMILES string of the molecule is CCCC1CCCCN1S(=O)(=O)N1CCCC(CO)C1. The van der Waals surface area contributed by atoms with E-state index in [2.05, 4.69) is 6.92 Å². The molecule has 0 bridgehead atoms. The van der Waals surface area contributed by atoms with Crippen molar-refractivity contribution in [2.75, 3.05) is 26.2 Å². The fourth-order valence-electron chi connectivity index (χ4n) is 3.43. The van der Waals surface area contributed by atoms with Crippen molar-refractivity contribution in [3.63, 3.8) is 0 Å². The van der Waals surface area contributed by atoms with Gasteiger partial charge in [-0.2, -0.15) is 17.0 Å². The van der Waals surface area contributed by atoms with Crippen LogP contribution in [0.3, 0.4) is 0 Å². The molecule has 0 aromatic carbocycles. The molecule has 0 radical (unpaired) electrons. The number of hydrogen-bond donors (Lipinski definition) is 1. The number of aliphatic hydroxyl groups excluding tert-OH is 1. The Morgan fingerprint density at radius 1 is 1.15 bits per heavy atom. The highest BCUT2D eigenvalue weighted by Gasteiger charge is 2.37. The van der Waals surface area contributed by atoms with Gasteiger partial charge in [0, 0.05) is 32.3 Å². The van der Waals surface area contributed by atoms with Gasteiger partial charge in [0.2, 0.25) is 0 Å². The van der Waals surface area contributed by atoms with Gasteiger partial charge in [-0.1, -0.05) is 19.8 Å². The molecule has 2 heterocycles. The summed E-state index contributed by atoms with van der Waals surface area (Å²) < 4.78 is 29.1. The molecule has 20 heavy (non-hydrogen) atoms. The molecular weight excluding hydrogens is 276 g/mol. The average molecular weight is 304 g/mol. The third-order valence-corrected chi connectivity index (χ3v) is 6.62. The summed E-state index contributed by atoms with van der Waals surface area (Å²) in [5.74, 6) is 0.105. The maximum Gasteiger partial charge on any atom is 0.282 e. The Kier molecular flexibility index (Phi) is 5.84. The first-order valence-corrected chi connectivity index (χ1v) is 9.37. The summed E-state index contributed by atoms with van der Waals surface area (Å²) in [6.07, 6.45) is 6.86. The molecule has 2 fully saturated rings. The van der Waals surface area contributed by atoms with Crippen molar-refractivity contribution >= 4 is 10.2 Å². The molecule has 1 N–H and O–H groups in total. The van der Waals surface area contributed by atoms with Crippen LogP contribution in [0.4, 0.5) is 0 Å². The maximum absolute atomic E-state index is 12.9. The molecule has 118 valence electrons. The monoisotopic (exact) mass is 304 g/mol. The van der Waals surface area contributed by atoms with E-state index in [4.69, 9.17) is 0 Å². The molecule has 0 amide bonds. The molecule has 2 rings (SSSR count). The summed E-state index contributed by atoms with van der Waals surface area (Å²) in [6, 6.07) is 0.174. The van der Waals surface area contributed by atoms with Crippen molar-refractivity contribution < 1.29 is 13.5 Å². The van der Waals surface area contributed by atoms with E-state index in [-0.39, 0.29) is 18.6 Å². The molecule has 2 aliphatic rings. The Morgan fingerprint density at radius 2 is 1.95 bits per heavy atom. The van der Waals surface area contributed by atoms with Gasteiger partial charge in [0.05, 0.1) is 0 Å². The number of hydrogen-bond acceptors (Lipinski definition) is 3. The highest BCUT2D eigenvalue weighted by molar-refractivity contribution is 7.86. The highest BCUT2D eigenvalue weighted by atomic mass is 32.2. The third-order valence-electron chi connectivity index (χ3n) is 4.56. The first-order chi connectivity index (χ1) is 9.59. The highest BCUT2D eigenvalue weighted by Crippen LogP contribution is 2.28. The van der Waals surface area contributed by atoms with Gasteiger partial charge in [0.1, 0.15) is 0 Å². The van der Waals surface area contributed by atoms with Gasteiger partial charge < -0.3 is 5.11 Å². The Bertz CT molecular complexity index is 397. The number of rotatable bonds is 5. The van der Waals surface area contributed by atoms with Crippen LogP contribution in [-0.2, 0) is 10.2 Å². The van der Waals surface area contributed by atoms with Crippen molar-refractivity contribution in [1.82, 2.24) is 8.61 Å². The molecule has 5 nitrogen and oxygen atoms in total. The van der Waals surface area contributed by atoms with Crippen LogP contribution >= 0.6 is 0 Å². The first kappa shape index (κ1) is 16.2.